The standard InChI is InChI=1S/C16H31N3O4/c1-6-22-16(21)18-14(11(2)3)15(20)17-7-8-19-9-12(4)23-13(5)10-19/h11-14H,6-10H2,1-5H3,(H,17,20)(H,18,21)/t12-,13-,14-/m0/s1. The Labute approximate surface area is 139 Å². The molecular weight excluding hydrogens is 298 g/mol. The third-order valence-electron chi connectivity index (χ3n) is 3.72. The Morgan fingerprint density at radius 2 is 1.87 bits per heavy atom. The van der Waals surface area contributed by atoms with Gasteiger partial charge in [-0.25, -0.2) is 4.79 Å². The van der Waals surface area contributed by atoms with Crippen LogP contribution >= 0.6 is 0 Å². The first-order valence-corrected chi connectivity index (χ1v) is 8.42. The number of carbonyl (C=O) groups excluding carboxylic acids is 2. The monoisotopic (exact) mass is 329 g/mol. The first kappa shape index (κ1) is 19.7. The molecule has 1 aliphatic rings. The Hall–Kier alpha value is -1.34. The van der Waals surface area contributed by atoms with Gasteiger partial charge >= 0.3 is 6.09 Å². The van der Waals surface area contributed by atoms with Crippen molar-refractivity contribution in [3.05, 3.63) is 0 Å². The topological polar surface area (TPSA) is 79.9 Å². The molecule has 1 saturated heterocycles. The molecule has 0 radical (unpaired) electrons. The van der Waals surface area contributed by atoms with Crippen LogP contribution in [0.3, 0.4) is 0 Å². The number of rotatable bonds is 7. The minimum atomic E-state index is -0.586. The van der Waals surface area contributed by atoms with E-state index in [0.29, 0.717) is 6.54 Å². The molecule has 23 heavy (non-hydrogen) atoms. The molecule has 2 amide bonds. The van der Waals surface area contributed by atoms with E-state index in [-0.39, 0.29) is 30.6 Å². The normalized spacial score (nSPS) is 23.4. The first-order chi connectivity index (χ1) is 10.8. The molecule has 0 saturated carbocycles. The van der Waals surface area contributed by atoms with Crippen molar-refractivity contribution in [2.24, 2.45) is 5.92 Å². The summed E-state index contributed by atoms with van der Waals surface area (Å²) in [5.74, 6) is -0.190. The van der Waals surface area contributed by atoms with Crippen molar-refractivity contribution < 1.29 is 19.1 Å². The summed E-state index contributed by atoms with van der Waals surface area (Å²) in [6.45, 7) is 13.0. The van der Waals surface area contributed by atoms with E-state index in [2.05, 4.69) is 29.4 Å². The van der Waals surface area contributed by atoms with E-state index in [1.54, 1.807) is 6.92 Å². The lowest BCUT2D eigenvalue weighted by molar-refractivity contribution is -0.124. The molecule has 3 atom stereocenters. The third kappa shape index (κ3) is 7.18. The smallest absolute Gasteiger partial charge is 0.407 e. The minimum absolute atomic E-state index is 0.0113. The summed E-state index contributed by atoms with van der Waals surface area (Å²) in [5, 5.41) is 5.51. The van der Waals surface area contributed by atoms with Gasteiger partial charge < -0.3 is 20.1 Å². The summed E-state index contributed by atoms with van der Waals surface area (Å²) in [4.78, 5) is 26.1. The Morgan fingerprint density at radius 1 is 1.26 bits per heavy atom. The van der Waals surface area contributed by atoms with Gasteiger partial charge in [0.2, 0.25) is 5.91 Å². The highest BCUT2D eigenvalue weighted by molar-refractivity contribution is 5.85. The molecule has 0 spiro atoms. The van der Waals surface area contributed by atoms with Gasteiger partial charge in [0.25, 0.3) is 0 Å². The fourth-order valence-electron chi connectivity index (χ4n) is 2.75. The largest absolute Gasteiger partial charge is 0.450 e. The molecule has 1 heterocycles. The molecule has 2 N–H and O–H groups in total. The third-order valence-corrected chi connectivity index (χ3v) is 3.72. The number of nitrogens with one attached hydrogen (secondary N) is 2. The summed E-state index contributed by atoms with van der Waals surface area (Å²) in [5.41, 5.74) is 0. The van der Waals surface area contributed by atoms with Crippen LogP contribution in [0.25, 0.3) is 0 Å². The summed E-state index contributed by atoms with van der Waals surface area (Å²) in [7, 11) is 0. The summed E-state index contributed by atoms with van der Waals surface area (Å²) in [6.07, 6.45) is -0.135. The quantitative estimate of drug-likeness (QED) is 0.728. The van der Waals surface area contributed by atoms with Crippen LogP contribution in [0.2, 0.25) is 0 Å². The Morgan fingerprint density at radius 3 is 2.39 bits per heavy atom. The maximum Gasteiger partial charge on any atom is 0.407 e. The van der Waals surface area contributed by atoms with Crippen molar-refractivity contribution >= 4 is 12.0 Å². The van der Waals surface area contributed by atoms with Crippen LogP contribution in [0.1, 0.15) is 34.6 Å². The van der Waals surface area contributed by atoms with Gasteiger partial charge in [-0.1, -0.05) is 13.8 Å². The molecular formula is C16H31N3O4. The molecule has 0 unspecified atom stereocenters. The molecule has 0 bridgehead atoms. The van der Waals surface area contributed by atoms with Crippen LogP contribution in [0, 0.1) is 5.92 Å². The van der Waals surface area contributed by atoms with E-state index in [0.717, 1.165) is 19.6 Å². The van der Waals surface area contributed by atoms with Crippen molar-refractivity contribution in [3.8, 4) is 0 Å². The van der Waals surface area contributed by atoms with E-state index in [9.17, 15) is 9.59 Å². The summed E-state index contributed by atoms with van der Waals surface area (Å²) in [6, 6.07) is -0.586. The number of alkyl carbamates (subject to hydrolysis) is 1. The van der Waals surface area contributed by atoms with Gasteiger partial charge in [-0.05, 0) is 26.7 Å². The van der Waals surface area contributed by atoms with Crippen molar-refractivity contribution in [1.82, 2.24) is 15.5 Å². The predicted octanol–water partition coefficient (Wildman–Crippen LogP) is 0.983. The zero-order valence-corrected chi connectivity index (χ0v) is 14.9. The van der Waals surface area contributed by atoms with Crippen molar-refractivity contribution in [2.45, 2.75) is 52.9 Å². The van der Waals surface area contributed by atoms with E-state index in [4.69, 9.17) is 9.47 Å². The van der Waals surface area contributed by atoms with Crippen LogP contribution in [-0.4, -0.2) is 67.9 Å². The van der Waals surface area contributed by atoms with E-state index >= 15 is 0 Å². The Bertz CT molecular complexity index is 380. The Kier molecular flexibility index (Phi) is 8.33. The SMILES string of the molecule is CCOC(=O)N[C@H](C(=O)NCCN1C[C@H](C)O[C@@H](C)C1)C(C)C. The molecule has 1 fully saturated rings. The predicted molar refractivity (Wildman–Crippen MR) is 88.2 cm³/mol. The fourth-order valence-corrected chi connectivity index (χ4v) is 2.75. The maximum atomic E-state index is 12.3. The van der Waals surface area contributed by atoms with Crippen LogP contribution in [0.5, 0.6) is 0 Å². The molecule has 1 aliphatic heterocycles. The molecule has 134 valence electrons. The maximum absolute atomic E-state index is 12.3. The molecule has 1 rings (SSSR count). The second kappa shape index (κ2) is 9.72. The number of carbonyl (C=O) groups is 2. The minimum Gasteiger partial charge on any atom is -0.450 e. The zero-order valence-electron chi connectivity index (χ0n) is 14.9. The number of hydrogen-bond donors (Lipinski definition) is 2. The molecule has 0 aromatic carbocycles. The summed E-state index contributed by atoms with van der Waals surface area (Å²) >= 11 is 0. The Balaban J connectivity index is 2.38. The lowest BCUT2D eigenvalue weighted by atomic mass is 10.0. The molecule has 0 aromatic rings. The van der Waals surface area contributed by atoms with Crippen molar-refractivity contribution in [1.29, 1.82) is 0 Å². The van der Waals surface area contributed by atoms with Crippen LogP contribution in [-0.2, 0) is 14.3 Å². The van der Waals surface area contributed by atoms with Gasteiger partial charge in [-0.15, -0.1) is 0 Å². The van der Waals surface area contributed by atoms with Gasteiger partial charge in [0.15, 0.2) is 0 Å². The van der Waals surface area contributed by atoms with E-state index in [1.807, 2.05) is 13.8 Å². The average molecular weight is 329 g/mol. The van der Waals surface area contributed by atoms with Crippen LogP contribution in [0.4, 0.5) is 4.79 Å². The second-order valence-electron chi connectivity index (χ2n) is 6.39. The highest BCUT2D eigenvalue weighted by atomic mass is 16.5. The summed E-state index contributed by atoms with van der Waals surface area (Å²) < 4.78 is 10.5. The number of nitrogens with zero attached hydrogens (tertiary/aromatic N) is 1. The van der Waals surface area contributed by atoms with Crippen LogP contribution in [0.15, 0.2) is 0 Å². The lowest BCUT2D eigenvalue weighted by Gasteiger charge is -2.35. The van der Waals surface area contributed by atoms with Gasteiger partial charge in [-0.3, -0.25) is 9.69 Å². The number of morpholine rings is 1. The van der Waals surface area contributed by atoms with Gasteiger partial charge in [-0.2, -0.15) is 0 Å². The molecule has 0 aromatic heterocycles. The number of amides is 2. The molecule has 7 heteroatoms. The van der Waals surface area contributed by atoms with Gasteiger partial charge in [0.05, 0.1) is 18.8 Å². The fraction of sp³-hybridized carbons (Fsp3) is 0.875. The van der Waals surface area contributed by atoms with Gasteiger partial charge in [0, 0.05) is 26.2 Å². The van der Waals surface area contributed by atoms with Gasteiger partial charge in [0.1, 0.15) is 6.04 Å². The van der Waals surface area contributed by atoms with Crippen molar-refractivity contribution in [2.75, 3.05) is 32.8 Å². The number of hydrogen-bond acceptors (Lipinski definition) is 5. The zero-order chi connectivity index (χ0) is 17.4. The first-order valence-electron chi connectivity index (χ1n) is 8.42. The second-order valence-corrected chi connectivity index (χ2v) is 6.39. The van der Waals surface area contributed by atoms with E-state index in [1.165, 1.54) is 0 Å². The van der Waals surface area contributed by atoms with Crippen molar-refractivity contribution in [3.63, 3.8) is 0 Å². The molecule has 0 aliphatic carbocycles. The average Bonchev–Trinajstić information content (AvgIpc) is 2.43. The van der Waals surface area contributed by atoms with E-state index < -0.39 is 12.1 Å². The highest BCUT2D eigenvalue weighted by Crippen LogP contribution is 2.09. The number of ether oxygens (including phenoxy) is 2. The lowest BCUT2D eigenvalue weighted by Crippen LogP contribution is -2.52. The van der Waals surface area contributed by atoms with Crippen LogP contribution < -0.4 is 10.6 Å². The highest BCUT2D eigenvalue weighted by Gasteiger charge is 2.25. The molecule has 7 nitrogen and oxygen atoms in total.